The Hall–Kier alpha value is -2.35. The van der Waals surface area contributed by atoms with Crippen molar-refractivity contribution >= 4 is 28.3 Å². The number of primary amides is 2. The monoisotopic (exact) mass is 277 g/mol. The van der Waals surface area contributed by atoms with Gasteiger partial charge in [-0.3, -0.25) is 15.2 Å². The minimum atomic E-state index is -0.714. The standard InChI is InChI=1S/C11H11N5O2S/c12-9(17)7-4-1-2-6-5(3-14-16-6)8(4)19-10(7)15-11(13)18/h3H,1-2H2,(H2,12,17)(H,14,16)(H3,13,15,18). The van der Waals surface area contributed by atoms with Crippen molar-refractivity contribution < 1.29 is 9.59 Å². The summed E-state index contributed by atoms with van der Waals surface area (Å²) in [7, 11) is 0. The van der Waals surface area contributed by atoms with Gasteiger partial charge in [0.25, 0.3) is 5.91 Å². The SMILES string of the molecule is NC(=O)Nc1sc2c(c1C(N)=O)CCc1[nH]ncc1-2. The van der Waals surface area contributed by atoms with E-state index < -0.39 is 11.9 Å². The van der Waals surface area contributed by atoms with E-state index in [9.17, 15) is 9.59 Å². The van der Waals surface area contributed by atoms with Gasteiger partial charge in [0.05, 0.1) is 11.8 Å². The van der Waals surface area contributed by atoms with Crippen molar-refractivity contribution in [3.63, 3.8) is 0 Å². The molecule has 3 rings (SSSR count). The molecule has 8 heteroatoms. The Morgan fingerprint density at radius 3 is 2.84 bits per heavy atom. The molecule has 0 spiro atoms. The van der Waals surface area contributed by atoms with Crippen LogP contribution in [0.3, 0.4) is 0 Å². The van der Waals surface area contributed by atoms with Crippen LogP contribution in [-0.2, 0) is 12.8 Å². The third kappa shape index (κ3) is 1.76. The van der Waals surface area contributed by atoms with Crippen molar-refractivity contribution in [1.82, 2.24) is 10.2 Å². The Balaban J connectivity index is 2.20. The molecule has 6 N–H and O–H groups in total. The number of nitrogens with two attached hydrogens (primary N) is 2. The van der Waals surface area contributed by atoms with Crippen molar-refractivity contribution in [3.8, 4) is 10.4 Å². The van der Waals surface area contributed by atoms with Crippen molar-refractivity contribution in [2.24, 2.45) is 11.5 Å². The van der Waals surface area contributed by atoms with Crippen molar-refractivity contribution in [2.75, 3.05) is 5.32 Å². The van der Waals surface area contributed by atoms with Gasteiger partial charge in [-0.15, -0.1) is 11.3 Å². The number of aromatic nitrogens is 2. The van der Waals surface area contributed by atoms with E-state index in [4.69, 9.17) is 11.5 Å². The van der Waals surface area contributed by atoms with Gasteiger partial charge in [0, 0.05) is 16.1 Å². The highest BCUT2D eigenvalue weighted by Crippen LogP contribution is 2.44. The predicted octanol–water partition coefficient (Wildman–Crippen LogP) is 0.826. The molecule has 0 saturated carbocycles. The fourth-order valence-electron chi connectivity index (χ4n) is 2.33. The zero-order valence-electron chi connectivity index (χ0n) is 9.82. The van der Waals surface area contributed by atoms with Crippen LogP contribution in [0.2, 0.25) is 0 Å². The summed E-state index contributed by atoms with van der Waals surface area (Å²) in [6, 6.07) is -0.714. The summed E-state index contributed by atoms with van der Waals surface area (Å²) in [5.41, 5.74) is 13.7. The van der Waals surface area contributed by atoms with E-state index in [1.54, 1.807) is 6.20 Å². The number of rotatable bonds is 2. The number of carbonyl (C=O) groups excluding carboxylic acids is 2. The molecule has 2 heterocycles. The molecular weight excluding hydrogens is 266 g/mol. The largest absolute Gasteiger partial charge is 0.365 e. The summed E-state index contributed by atoms with van der Waals surface area (Å²) in [5, 5.41) is 9.79. The Morgan fingerprint density at radius 2 is 2.16 bits per heavy atom. The quantitative estimate of drug-likeness (QED) is 0.649. The van der Waals surface area contributed by atoms with Gasteiger partial charge in [-0.1, -0.05) is 0 Å². The molecule has 3 amide bonds. The van der Waals surface area contributed by atoms with Gasteiger partial charge in [-0.2, -0.15) is 5.10 Å². The van der Waals surface area contributed by atoms with E-state index in [-0.39, 0.29) is 0 Å². The molecule has 7 nitrogen and oxygen atoms in total. The number of nitrogens with one attached hydrogen (secondary N) is 2. The van der Waals surface area contributed by atoms with Gasteiger partial charge < -0.3 is 11.5 Å². The molecule has 2 aromatic rings. The molecule has 0 aromatic carbocycles. The van der Waals surface area contributed by atoms with Crippen molar-refractivity contribution in [2.45, 2.75) is 12.8 Å². The van der Waals surface area contributed by atoms with E-state index in [1.165, 1.54) is 11.3 Å². The zero-order chi connectivity index (χ0) is 13.6. The zero-order valence-corrected chi connectivity index (χ0v) is 10.6. The van der Waals surface area contributed by atoms with Crippen LogP contribution in [0.1, 0.15) is 21.6 Å². The topological polar surface area (TPSA) is 127 Å². The Kier molecular flexibility index (Phi) is 2.53. The first-order chi connectivity index (χ1) is 9.08. The lowest BCUT2D eigenvalue weighted by atomic mass is 9.94. The summed E-state index contributed by atoms with van der Waals surface area (Å²) < 4.78 is 0. The maximum Gasteiger partial charge on any atom is 0.317 e. The van der Waals surface area contributed by atoms with E-state index in [2.05, 4.69) is 15.5 Å². The molecule has 1 aliphatic rings. The number of hydrogen-bond donors (Lipinski definition) is 4. The molecule has 0 unspecified atom stereocenters. The van der Waals surface area contributed by atoms with Gasteiger partial charge >= 0.3 is 6.03 Å². The summed E-state index contributed by atoms with van der Waals surface area (Å²) in [6.45, 7) is 0. The Labute approximate surface area is 112 Å². The molecule has 0 bridgehead atoms. The third-order valence-electron chi connectivity index (χ3n) is 3.08. The minimum Gasteiger partial charge on any atom is -0.365 e. The van der Waals surface area contributed by atoms with Gasteiger partial charge in [-0.25, -0.2) is 4.79 Å². The number of H-pyrrole nitrogens is 1. The summed E-state index contributed by atoms with van der Waals surface area (Å²) in [5.74, 6) is -0.562. The lowest BCUT2D eigenvalue weighted by molar-refractivity contribution is 0.100. The van der Waals surface area contributed by atoms with Gasteiger partial charge in [0.1, 0.15) is 5.00 Å². The highest BCUT2D eigenvalue weighted by molar-refractivity contribution is 7.20. The third-order valence-corrected chi connectivity index (χ3v) is 4.26. The van der Waals surface area contributed by atoms with Crippen molar-refractivity contribution in [3.05, 3.63) is 23.0 Å². The first kappa shape index (κ1) is 11.7. The first-order valence-corrected chi connectivity index (χ1v) is 6.44. The van der Waals surface area contributed by atoms with Gasteiger partial charge in [0.2, 0.25) is 0 Å². The van der Waals surface area contributed by atoms with Crippen LogP contribution < -0.4 is 16.8 Å². The average molecular weight is 277 g/mol. The molecule has 98 valence electrons. The van der Waals surface area contributed by atoms with Crippen LogP contribution in [0.25, 0.3) is 10.4 Å². The van der Waals surface area contributed by atoms with Gasteiger partial charge in [-0.05, 0) is 18.4 Å². The molecule has 0 saturated heterocycles. The van der Waals surface area contributed by atoms with E-state index >= 15 is 0 Å². The number of aryl methyl sites for hydroxylation is 1. The summed E-state index contributed by atoms with van der Waals surface area (Å²) in [6.07, 6.45) is 3.15. The molecule has 2 aromatic heterocycles. The molecule has 19 heavy (non-hydrogen) atoms. The Bertz CT molecular complexity index is 687. The number of hydrogen-bond acceptors (Lipinski definition) is 4. The van der Waals surface area contributed by atoms with Crippen LogP contribution in [0.4, 0.5) is 9.80 Å². The molecule has 0 aliphatic heterocycles. The number of carbonyl (C=O) groups is 2. The fraction of sp³-hybridized carbons (Fsp3) is 0.182. The van der Waals surface area contributed by atoms with Crippen LogP contribution in [0.5, 0.6) is 0 Å². The molecule has 0 atom stereocenters. The number of thiophene rings is 1. The second-order valence-electron chi connectivity index (χ2n) is 4.23. The highest BCUT2D eigenvalue weighted by atomic mass is 32.1. The van der Waals surface area contributed by atoms with E-state index in [1.807, 2.05) is 0 Å². The second kappa shape index (κ2) is 4.09. The van der Waals surface area contributed by atoms with Crippen LogP contribution >= 0.6 is 11.3 Å². The van der Waals surface area contributed by atoms with Gasteiger partial charge in [0.15, 0.2) is 0 Å². The maximum atomic E-state index is 11.6. The fourth-order valence-corrected chi connectivity index (χ4v) is 3.63. The average Bonchev–Trinajstić information content (AvgIpc) is 2.89. The maximum absolute atomic E-state index is 11.6. The second-order valence-corrected chi connectivity index (χ2v) is 5.25. The number of urea groups is 1. The number of anilines is 1. The summed E-state index contributed by atoms with van der Waals surface area (Å²) in [4.78, 5) is 23.5. The van der Waals surface area contributed by atoms with Crippen molar-refractivity contribution in [1.29, 1.82) is 0 Å². The van der Waals surface area contributed by atoms with E-state index in [0.717, 1.165) is 28.1 Å². The number of nitrogens with zero attached hydrogens (tertiary/aromatic N) is 1. The first-order valence-electron chi connectivity index (χ1n) is 5.62. The summed E-state index contributed by atoms with van der Waals surface area (Å²) >= 11 is 1.29. The van der Waals surface area contributed by atoms with Crippen LogP contribution in [0, 0.1) is 0 Å². The molecule has 0 fully saturated rings. The molecular formula is C11H11N5O2S. The predicted molar refractivity (Wildman–Crippen MR) is 71.0 cm³/mol. The Morgan fingerprint density at radius 1 is 1.37 bits per heavy atom. The number of aromatic amines is 1. The highest BCUT2D eigenvalue weighted by Gasteiger charge is 2.28. The van der Waals surface area contributed by atoms with Crippen LogP contribution in [0.15, 0.2) is 6.20 Å². The van der Waals surface area contributed by atoms with E-state index in [0.29, 0.717) is 17.0 Å². The lowest BCUT2D eigenvalue weighted by Gasteiger charge is -2.11. The lowest BCUT2D eigenvalue weighted by Crippen LogP contribution is -2.22. The minimum absolute atomic E-state index is 0.352. The molecule has 1 aliphatic carbocycles. The number of amides is 3. The normalized spacial score (nSPS) is 12.6. The smallest absolute Gasteiger partial charge is 0.317 e. The molecule has 0 radical (unpaired) electrons. The number of fused-ring (bicyclic) bond motifs is 3. The van der Waals surface area contributed by atoms with Crippen LogP contribution in [-0.4, -0.2) is 22.1 Å².